The van der Waals surface area contributed by atoms with Crippen LogP contribution < -0.4 is 9.71 Å². The molecule has 3 aromatic rings. The van der Waals surface area contributed by atoms with Crippen LogP contribution in [-0.4, -0.2) is 32.3 Å². The van der Waals surface area contributed by atoms with Crippen LogP contribution in [0.3, 0.4) is 0 Å². The molecule has 0 radical (unpaired) electrons. The molecule has 0 saturated heterocycles. The van der Waals surface area contributed by atoms with E-state index in [-0.39, 0.29) is 17.7 Å². The Morgan fingerprint density at radius 1 is 0.848 bits per heavy atom. The molecule has 0 spiro atoms. The Morgan fingerprint density at radius 3 is 1.91 bits per heavy atom. The Labute approximate surface area is 196 Å². The summed E-state index contributed by atoms with van der Waals surface area (Å²) in [5.41, 5.74) is 3.81. The normalized spacial score (nSPS) is 11.8. The second kappa shape index (κ2) is 10.6. The fourth-order valence-corrected chi connectivity index (χ4v) is 3.78. The summed E-state index contributed by atoms with van der Waals surface area (Å²) in [6, 6.07) is 18.6. The Balaban J connectivity index is 2.31. The SMILES string of the molecule is CC(C)c1cccc(C(C)C)c1N(B(F)F)/C(=N/c1ccccn1)c1ccc(N(C)C)cc1. The molecule has 4 nitrogen and oxygen atoms in total. The van der Waals surface area contributed by atoms with Gasteiger partial charge in [-0.25, -0.2) is 9.98 Å². The second-order valence-corrected chi connectivity index (χ2v) is 8.81. The molecule has 0 N–H and O–H groups in total. The molecule has 33 heavy (non-hydrogen) atoms. The van der Waals surface area contributed by atoms with Gasteiger partial charge in [0.1, 0.15) is 5.84 Å². The predicted octanol–water partition coefficient (Wildman–Crippen LogP) is 6.90. The van der Waals surface area contributed by atoms with E-state index in [4.69, 9.17) is 0 Å². The van der Waals surface area contributed by atoms with E-state index in [1.165, 1.54) is 0 Å². The number of benzene rings is 2. The fourth-order valence-electron chi connectivity index (χ4n) is 3.78. The van der Waals surface area contributed by atoms with E-state index in [1.807, 2.05) is 89.2 Å². The topological polar surface area (TPSA) is 31.7 Å². The highest BCUT2D eigenvalue weighted by Gasteiger charge is 2.35. The summed E-state index contributed by atoms with van der Waals surface area (Å²) in [4.78, 5) is 12.0. The number of amidine groups is 1. The minimum atomic E-state index is -2.79. The molecule has 0 unspecified atom stereocenters. The number of hydrogen-bond donors (Lipinski definition) is 0. The Morgan fingerprint density at radius 2 is 1.45 bits per heavy atom. The molecule has 172 valence electrons. The van der Waals surface area contributed by atoms with Gasteiger partial charge >= 0.3 is 7.40 Å². The Kier molecular flexibility index (Phi) is 7.85. The van der Waals surface area contributed by atoms with Gasteiger partial charge in [0.05, 0.1) is 0 Å². The number of hydrogen-bond acceptors (Lipinski definition) is 3. The van der Waals surface area contributed by atoms with E-state index in [9.17, 15) is 8.63 Å². The molecule has 3 rings (SSSR count). The summed E-state index contributed by atoms with van der Waals surface area (Å²) in [7, 11) is 1.09. The third-order valence-corrected chi connectivity index (χ3v) is 5.52. The fraction of sp³-hybridized carbons (Fsp3) is 0.308. The van der Waals surface area contributed by atoms with Crippen LogP contribution in [0.25, 0.3) is 0 Å². The van der Waals surface area contributed by atoms with Gasteiger partial charge < -0.3 is 9.71 Å². The molecule has 0 bridgehead atoms. The summed E-state index contributed by atoms with van der Waals surface area (Å²) in [6.45, 7) is 8.09. The van der Waals surface area contributed by atoms with Crippen molar-refractivity contribution in [3.63, 3.8) is 0 Å². The third kappa shape index (κ3) is 5.59. The number of aromatic nitrogens is 1. The molecule has 0 aliphatic heterocycles. The van der Waals surface area contributed by atoms with Gasteiger partial charge in [-0.05, 0) is 59.4 Å². The lowest BCUT2D eigenvalue weighted by Crippen LogP contribution is -2.41. The quantitative estimate of drug-likeness (QED) is 0.224. The van der Waals surface area contributed by atoms with Gasteiger partial charge in [-0.1, -0.05) is 52.0 Å². The Bertz CT molecular complexity index is 1050. The average molecular weight is 448 g/mol. The summed E-state index contributed by atoms with van der Waals surface area (Å²) in [5.74, 6) is 0.673. The number of anilines is 2. The van der Waals surface area contributed by atoms with Gasteiger partial charge in [-0.15, -0.1) is 0 Å². The van der Waals surface area contributed by atoms with Crippen molar-refractivity contribution in [2.24, 2.45) is 4.99 Å². The van der Waals surface area contributed by atoms with Crippen molar-refractivity contribution < 1.29 is 8.63 Å². The van der Waals surface area contributed by atoms with Crippen molar-refractivity contribution in [1.29, 1.82) is 0 Å². The zero-order valence-electron chi connectivity index (χ0n) is 20.1. The minimum Gasteiger partial charge on any atom is -0.378 e. The van der Waals surface area contributed by atoms with Crippen molar-refractivity contribution in [2.75, 3.05) is 23.8 Å². The largest absolute Gasteiger partial charge is 0.679 e. The number of halogens is 2. The van der Waals surface area contributed by atoms with Crippen molar-refractivity contribution >= 4 is 30.4 Å². The average Bonchev–Trinajstić information content (AvgIpc) is 2.79. The molecule has 7 heteroatoms. The zero-order valence-corrected chi connectivity index (χ0v) is 20.1. The second-order valence-electron chi connectivity index (χ2n) is 8.81. The van der Waals surface area contributed by atoms with Crippen molar-refractivity contribution in [3.05, 3.63) is 83.6 Å². The number of pyridine rings is 1. The molecule has 0 saturated carbocycles. The van der Waals surface area contributed by atoms with Crippen molar-refractivity contribution in [1.82, 2.24) is 4.98 Å². The first kappa shape index (κ1) is 24.4. The maximum absolute atomic E-state index is 14.9. The first-order valence-electron chi connectivity index (χ1n) is 11.2. The van der Waals surface area contributed by atoms with E-state index in [0.29, 0.717) is 17.1 Å². The summed E-state index contributed by atoms with van der Waals surface area (Å²) in [6.07, 6.45) is 1.61. The molecular weight excluding hydrogens is 417 g/mol. The lowest BCUT2D eigenvalue weighted by atomic mass is 9.89. The molecule has 0 aliphatic carbocycles. The van der Waals surface area contributed by atoms with Crippen LogP contribution in [-0.2, 0) is 0 Å². The first-order valence-corrected chi connectivity index (χ1v) is 11.2. The molecule has 1 heterocycles. The molecule has 2 aromatic carbocycles. The van der Waals surface area contributed by atoms with E-state index in [0.717, 1.165) is 21.6 Å². The molecule has 1 aromatic heterocycles. The summed E-state index contributed by atoms with van der Waals surface area (Å²) >= 11 is 0. The van der Waals surface area contributed by atoms with E-state index in [1.54, 1.807) is 24.4 Å². The number of aliphatic imine (C=N–C) groups is 1. The molecule has 0 fully saturated rings. The number of nitrogens with zero attached hydrogens (tertiary/aromatic N) is 4. The summed E-state index contributed by atoms with van der Waals surface area (Å²) < 4.78 is 29.9. The van der Waals surface area contributed by atoms with Crippen LogP contribution >= 0.6 is 0 Å². The minimum absolute atomic E-state index is 0.0622. The van der Waals surface area contributed by atoms with Crippen LogP contribution in [0.1, 0.15) is 56.2 Å². The monoisotopic (exact) mass is 448 g/mol. The van der Waals surface area contributed by atoms with Crippen molar-refractivity contribution in [2.45, 2.75) is 39.5 Å². The number of para-hydroxylation sites is 1. The van der Waals surface area contributed by atoms with Crippen molar-refractivity contribution in [3.8, 4) is 0 Å². The van der Waals surface area contributed by atoms with Crippen LogP contribution in [0.15, 0.2) is 71.9 Å². The van der Waals surface area contributed by atoms with Gasteiger partial charge in [-0.3, -0.25) is 8.63 Å². The molecule has 0 atom stereocenters. The smallest absolute Gasteiger partial charge is 0.378 e. The van der Waals surface area contributed by atoms with Gasteiger partial charge in [-0.2, -0.15) is 0 Å². The lowest BCUT2D eigenvalue weighted by Gasteiger charge is -2.31. The highest BCUT2D eigenvalue weighted by molar-refractivity contribution is 6.57. The molecule has 0 aliphatic rings. The van der Waals surface area contributed by atoms with E-state index < -0.39 is 7.40 Å². The molecule has 0 amide bonds. The van der Waals surface area contributed by atoms with Crippen LogP contribution in [0.4, 0.5) is 25.8 Å². The highest BCUT2D eigenvalue weighted by Crippen LogP contribution is 2.37. The Hall–Kier alpha value is -3.22. The van der Waals surface area contributed by atoms with Crippen LogP contribution in [0.2, 0.25) is 0 Å². The van der Waals surface area contributed by atoms with Crippen LogP contribution in [0.5, 0.6) is 0 Å². The highest BCUT2D eigenvalue weighted by atomic mass is 19.2. The number of rotatable bonds is 7. The predicted molar refractivity (Wildman–Crippen MR) is 136 cm³/mol. The first-order chi connectivity index (χ1) is 15.7. The molecular formula is C26H31BF2N4. The van der Waals surface area contributed by atoms with Gasteiger partial charge in [0.25, 0.3) is 0 Å². The lowest BCUT2D eigenvalue weighted by molar-refractivity contribution is 0.657. The maximum Gasteiger partial charge on any atom is 0.679 e. The zero-order chi connectivity index (χ0) is 24.1. The maximum atomic E-state index is 14.9. The van der Waals surface area contributed by atoms with Gasteiger partial charge in [0.15, 0.2) is 5.82 Å². The van der Waals surface area contributed by atoms with E-state index >= 15 is 0 Å². The van der Waals surface area contributed by atoms with Gasteiger partial charge in [0, 0.05) is 37.2 Å². The van der Waals surface area contributed by atoms with Gasteiger partial charge in [0.2, 0.25) is 0 Å². The van der Waals surface area contributed by atoms with E-state index in [2.05, 4.69) is 9.98 Å². The van der Waals surface area contributed by atoms with Crippen LogP contribution in [0, 0.1) is 0 Å². The summed E-state index contributed by atoms with van der Waals surface area (Å²) in [5, 5.41) is 0. The standard InChI is InChI=1S/C26H31BF2N4/c1-18(2)22-10-9-11-23(19(3)4)25(22)33(27(28)29)26(31-24-12-7-8-17-30-24)20-13-15-21(16-14-20)32(5)6/h7-19H,1-6H3/b31-26+. The third-order valence-electron chi connectivity index (χ3n) is 5.52.